The molecule has 1 N–H and O–H groups in total. The summed E-state index contributed by atoms with van der Waals surface area (Å²) >= 11 is 0. The van der Waals surface area contributed by atoms with Gasteiger partial charge in [-0.3, -0.25) is 9.88 Å². The van der Waals surface area contributed by atoms with Gasteiger partial charge in [-0.1, -0.05) is 6.92 Å². The van der Waals surface area contributed by atoms with E-state index in [1.54, 1.807) is 7.11 Å². The number of rotatable bonds is 5. The molecule has 1 aromatic heterocycles. The quantitative estimate of drug-likeness (QED) is 0.879. The molecule has 0 amide bonds. The van der Waals surface area contributed by atoms with Crippen molar-refractivity contribution in [2.45, 2.75) is 26.8 Å². The summed E-state index contributed by atoms with van der Waals surface area (Å²) in [6, 6.07) is 4.01. The van der Waals surface area contributed by atoms with Gasteiger partial charge in [-0.2, -0.15) is 0 Å². The highest BCUT2D eigenvalue weighted by Crippen LogP contribution is 2.30. The van der Waals surface area contributed by atoms with Gasteiger partial charge in [0, 0.05) is 37.5 Å². The normalized spacial score (nSPS) is 23.8. The molecule has 2 rings (SSSR count). The number of hydrogen-bond donors (Lipinski definition) is 1. The molecule has 4 nitrogen and oxygen atoms in total. The van der Waals surface area contributed by atoms with Gasteiger partial charge in [0.05, 0.1) is 12.8 Å². The summed E-state index contributed by atoms with van der Waals surface area (Å²) in [5.41, 5.74) is 2.51. The second-order valence-electron chi connectivity index (χ2n) is 5.94. The van der Waals surface area contributed by atoms with Crippen molar-refractivity contribution in [1.82, 2.24) is 15.2 Å². The highest BCUT2D eigenvalue weighted by atomic mass is 16.5. The van der Waals surface area contributed by atoms with Crippen LogP contribution in [0.5, 0.6) is 5.75 Å². The molecule has 1 atom stereocenters. The number of pyridine rings is 1. The molecule has 1 unspecified atom stereocenters. The molecule has 1 aliphatic rings. The first-order valence-electron chi connectivity index (χ1n) is 6.93. The molecule has 0 spiro atoms. The number of methoxy groups -OCH3 is 1. The van der Waals surface area contributed by atoms with Crippen molar-refractivity contribution in [3.8, 4) is 5.75 Å². The maximum absolute atomic E-state index is 5.31. The maximum atomic E-state index is 5.31. The van der Waals surface area contributed by atoms with Crippen molar-refractivity contribution in [2.75, 3.05) is 33.8 Å². The molecule has 19 heavy (non-hydrogen) atoms. The Morgan fingerprint density at radius 1 is 1.47 bits per heavy atom. The van der Waals surface area contributed by atoms with Crippen LogP contribution in [0, 0.1) is 12.3 Å². The first-order chi connectivity index (χ1) is 9.04. The molecule has 0 aromatic carbocycles. The first-order valence-corrected chi connectivity index (χ1v) is 6.93. The fourth-order valence-corrected chi connectivity index (χ4v) is 2.96. The Balaban J connectivity index is 2.01. The molecular weight excluding hydrogens is 238 g/mol. The lowest BCUT2D eigenvalue weighted by Crippen LogP contribution is -2.33. The lowest BCUT2D eigenvalue weighted by Gasteiger charge is -2.24. The summed E-state index contributed by atoms with van der Waals surface area (Å²) in [7, 11) is 3.74. The highest BCUT2D eigenvalue weighted by Gasteiger charge is 2.33. The Morgan fingerprint density at radius 3 is 2.95 bits per heavy atom. The van der Waals surface area contributed by atoms with Crippen LogP contribution in [0.15, 0.2) is 12.1 Å². The zero-order valence-corrected chi connectivity index (χ0v) is 12.5. The van der Waals surface area contributed by atoms with Gasteiger partial charge in [-0.15, -0.1) is 0 Å². The lowest BCUT2D eigenvalue weighted by molar-refractivity contribution is 0.263. The molecule has 0 saturated carbocycles. The Labute approximate surface area is 116 Å². The number of aryl methyl sites for hydroxylation is 1. The van der Waals surface area contributed by atoms with Crippen LogP contribution in [0.4, 0.5) is 0 Å². The van der Waals surface area contributed by atoms with Crippen LogP contribution >= 0.6 is 0 Å². The van der Waals surface area contributed by atoms with Crippen molar-refractivity contribution < 1.29 is 4.74 Å². The van der Waals surface area contributed by atoms with Crippen molar-refractivity contribution in [3.63, 3.8) is 0 Å². The molecule has 0 bridgehead atoms. The van der Waals surface area contributed by atoms with E-state index in [-0.39, 0.29) is 0 Å². The zero-order valence-electron chi connectivity index (χ0n) is 12.5. The number of hydrogen-bond acceptors (Lipinski definition) is 4. The van der Waals surface area contributed by atoms with E-state index in [2.05, 4.69) is 22.1 Å². The number of likely N-dealkylation sites (tertiary alicyclic amines) is 1. The summed E-state index contributed by atoms with van der Waals surface area (Å²) in [6.45, 7) is 8.64. The van der Waals surface area contributed by atoms with E-state index in [0.29, 0.717) is 5.41 Å². The molecule has 2 heterocycles. The smallest absolute Gasteiger partial charge is 0.122 e. The summed E-state index contributed by atoms with van der Waals surface area (Å²) < 4.78 is 5.31. The third-order valence-corrected chi connectivity index (χ3v) is 3.84. The van der Waals surface area contributed by atoms with E-state index in [1.807, 2.05) is 26.1 Å². The molecule has 1 aliphatic heterocycles. The lowest BCUT2D eigenvalue weighted by atomic mass is 9.90. The second kappa shape index (κ2) is 5.88. The minimum absolute atomic E-state index is 0.392. The molecule has 1 saturated heterocycles. The highest BCUT2D eigenvalue weighted by molar-refractivity contribution is 5.26. The topological polar surface area (TPSA) is 37.4 Å². The molecule has 106 valence electrons. The average Bonchev–Trinajstić information content (AvgIpc) is 2.70. The Morgan fingerprint density at radius 2 is 2.26 bits per heavy atom. The molecular formula is C15H25N3O. The molecule has 1 aromatic rings. The maximum Gasteiger partial charge on any atom is 0.122 e. The number of ether oxygens (including phenoxy) is 1. The van der Waals surface area contributed by atoms with Crippen LogP contribution in [0.1, 0.15) is 24.7 Å². The fourth-order valence-electron chi connectivity index (χ4n) is 2.96. The SMILES string of the molecule is CNCC1(C)CCN(Cc2cc(OC)cc(C)n2)C1. The molecule has 1 fully saturated rings. The van der Waals surface area contributed by atoms with Crippen LogP contribution in [-0.4, -0.2) is 43.7 Å². The van der Waals surface area contributed by atoms with Gasteiger partial charge in [0.25, 0.3) is 0 Å². The predicted molar refractivity (Wildman–Crippen MR) is 77.5 cm³/mol. The zero-order chi connectivity index (χ0) is 13.9. The molecule has 4 heteroatoms. The minimum Gasteiger partial charge on any atom is -0.497 e. The van der Waals surface area contributed by atoms with Crippen LogP contribution in [-0.2, 0) is 6.54 Å². The third kappa shape index (κ3) is 3.67. The first kappa shape index (κ1) is 14.3. The van der Waals surface area contributed by atoms with Crippen LogP contribution in [0.2, 0.25) is 0 Å². The van der Waals surface area contributed by atoms with Crippen LogP contribution < -0.4 is 10.1 Å². The van der Waals surface area contributed by atoms with Gasteiger partial charge < -0.3 is 10.1 Å². The van der Waals surface area contributed by atoms with Crippen molar-refractivity contribution >= 4 is 0 Å². The summed E-state index contributed by atoms with van der Waals surface area (Å²) in [6.07, 6.45) is 1.25. The summed E-state index contributed by atoms with van der Waals surface area (Å²) in [5, 5.41) is 3.30. The van der Waals surface area contributed by atoms with E-state index in [9.17, 15) is 0 Å². The standard InChI is InChI=1S/C15H25N3O/c1-12-7-14(19-4)8-13(17-12)9-18-6-5-15(2,11-18)10-16-3/h7-8,16H,5-6,9-11H2,1-4H3. The van der Waals surface area contributed by atoms with Crippen LogP contribution in [0.25, 0.3) is 0 Å². The van der Waals surface area contributed by atoms with Crippen molar-refractivity contribution in [3.05, 3.63) is 23.5 Å². The summed E-state index contributed by atoms with van der Waals surface area (Å²) in [4.78, 5) is 7.09. The van der Waals surface area contributed by atoms with Gasteiger partial charge >= 0.3 is 0 Å². The number of nitrogens with one attached hydrogen (secondary N) is 1. The van der Waals surface area contributed by atoms with Gasteiger partial charge in [0.1, 0.15) is 5.75 Å². The van der Waals surface area contributed by atoms with E-state index >= 15 is 0 Å². The fraction of sp³-hybridized carbons (Fsp3) is 0.667. The predicted octanol–water partition coefficient (Wildman–Crippen LogP) is 1.83. The average molecular weight is 263 g/mol. The number of aromatic nitrogens is 1. The van der Waals surface area contributed by atoms with Gasteiger partial charge in [0.2, 0.25) is 0 Å². The van der Waals surface area contributed by atoms with E-state index in [4.69, 9.17) is 4.74 Å². The van der Waals surface area contributed by atoms with Crippen molar-refractivity contribution in [2.24, 2.45) is 5.41 Å². The molecule has 0 aliphatic carbocycles. The van der Waals surface area contributed by atoms with E-state index in [0.717, 1.165) is 43.3 Å². The number of nitrogens with zero attached hydrogens (tertiary/aromatic N) is 2. The van der Waals surface area contributed by atoms with Crippen molar-refractivity contribution in [1.29, 1.82) is 0 Å². The Hall–Kier alpha value is -1.13. The molecule has 0 radical (unpaired) electrons. The monoisotopic (exact) mass is 263 g/mol. The Bertz CT molecular complexity index is 435. The van der Waals surface area contributed by atoms with Crippen LogP contribution in [0.3, 0.4) is 0 Å². The minimum atomic E-state index is 0.392. The van der Waals surface area contributed by atoms with Gasteiger partial charge in [0.15, 0.2) is 0 Å². The second-order valence-corrected chi connectivity index (χ2v) is 5.94. The largest absolute Gasteiger partial charge is 0.497 e. The van der Waals surface area contributed by atoms with E-state index in [1.165, 1.54) is 6.42 Å². The summed E-state index contributed by atoms with van der Waals surface area (Å²) in [5.74, 6) is 0.902. The van der Waals surface area contributed by atoms with Gasteiger partial charge in [-0.25, -0.2) is 0 Å². The van der Waals surface area contributed by atoms with E-state index < -0.39 is 0 Å². The Kier molecular flexibility index (Phi) is 4.42. The van der Waals surface area contributed by atoms with Gasteiger partial charge in [-0.05, 0) is 32.4 Å². The third-order valence-electron chi connectivity index (χ3n) is 3.84.